The van der Waals surface area contributed by atoms with Crippen molar-refractivity contribution in [1.29, 1.82) is 0 Å². The number of thiophene rings is 1. The van der Waals surface area contributed by atoms with Gasteiger partial charge in [-0.3, -0.25) is 9.48 Å². The van der Waals surface area contributed by atoms with Crippen LogP contribution in [0.15, 0.2) is 42.5 Å². The van der Waals surface area contributed by atoms with Crippen LogP contribution < -0.4 is 5.32 Å². The molecule has 0 saturated carbocycles. The molecule has 0 fully saturated rings. The number of rotatable bonds is 5. The number of carbonyl (C=O) groups excluding carboxylic acids is 1. The van der Waals surface area contributed by atoms with Gasteiger partial charge in [0, 0.05) is 10.6 Å². The highest BCUT2D eigenvalue weighted by atomic mass is 35.5. The largest absolute Gasteiger partial charge is 0.347 e. The van der Waals surface area contributed by atoms with Crippen molar-refractivity contribution in [2.75, 3.05) is 0 Å². The van der Waals surface area contributed by atoms with Crippen LogP contribution in [0, 0.1) is 13.8 Å². The number of nitrogens with one attached hydrogen (secondary N) is 1. The smallest absolute Gasteiger partial charge is 0.255 e. The quantitative estimate of drug-likeness (QED) is 0.742. The molecule has 0 aliphatic rings. The molecule has 0 aliphatic heterocycles. The average molecular weight is 360 g/mol. The van der Waals surface area contributed by atoms with Gasteiger partial charge in [0.1, 0.15) is 0 Å². The van der Waals surface area contributed by atoms with E-state index in [1.54, 1.807) is 0 Å². The number of amides is 1. The summed E-state index contributed by atoms with van der Waals surface area (Å²) >= 11 is 7.39. The normalized spacial score (nSPS) is 10.8. The minimum Gasteiger partial charge on any atom is -0.347 e. The molecule has 0 unspecified atom stereocenters. The molecular weight excluding hydrogens is 342 g/mol. The van der Waals surface area contributed by atoms with Gasteiger partial charge in [0.15, 0.2) is 0 Å². The van der Waals surface area contributed by atoms with E-state index in [-0.39, 0.29) is 5.91 Å². The molecular formula is C18H18ClN3OS. The molecule has 124 valence electrons. The Balaban J connectivity index is 1.74. The van der Waals surface area contributed by atoms with Crippen molar-refractivity contribution < 1.29 is 4.79 Å². The molecule has 0 radical (unpaired) electrons. The van der Waals surface area contributed by atoms with Crippen LogP contribution in [0.1, 0.15) is 32.2 Å². The van der Waals surface area contributed by atoms with Crippen LogP contribution >= 0.6 is 22.9 Å². The standard InChI is InChI=1S/C18H18ClN3OS/c1-12-17(18(23)20-10-15-8-9-16(19)24-15)13(2)22(21-12)11-14-6-4-3-5-7-14/h3-9H,10-11H2,1-2H3,(H,20,23). The number of hydrogen-bond acceptors (Lipinski definition) is 3. The van der Waals surface area contributed by atoms with E-state index >= 15 is 0 Å². The first-order valence-electron chi connectivity index (χ1n) is 7.65. The fourth-order valence-electron chi connectivity index (χ4n) is 2.64. The van der Waals surface area contributed by atoms with E-state index in [0.717, 1.165) is 26.2 Å². The third kappa shape index (κ3) is 3.68. The van der Waals surface area contributed by atoms with Crippen molar-refractivity contribution in [2.45, 2.75) is 26.9 Å². The second-order valence-corrected chi connectivity index (χ2v) is 7.38. The van der Waals surface area contributed by atoms with Crippen molar-refractivity contribution in [3.05, 3.63) is 74.2 Å². The van der Waals surface area contributed by atoms with Crippen LogP contribution in [0.2, 0.25) is 4.34 Å². The van der Waals surface area contributed by atoms with Gasteiger partial charge in [0.2, 0.25) is 0 Å². The minimum absolute atomic E-state index is 0.103. The molecule has 1 amide bonds. The molecule has 1 N–H and O–H groups in total. The SMILES string of the molecule is Cc1nn(Cc2ccccc2)c(C)c1C(=O)NCc1ccc(Cl)s1. The fourth-order valence-corrected chi connectivity index (χ4v) is 3.67. The van der Waals surface area contributed by atoms with Gasteiger partial charge in [0.25, 0.3) is 5.91 Å². The Morgan fingerprint density at radius 1 is 1.21 bits per heavy atom. The number of halogens is 1. The van der Waals surface area contributed by atoms with E-state index in [0.29, 0.717) is 18.7 Å². The third-order valence-corrected chi connectivity index (χ3v) is 5.07. The van der Waals surface area contributed by atoms with Crippen molar-refractivity contribution in [3.63, 3.8) is 0 Å². The number of benzene rings is 1. The Hall–Kier alpha value is -2.11. The summed E-state index contributed by atoms with van der Waals surface area (Å²) in [6.07, 6.45) is 0. The van der Waals surface area contributed by atoms with Crippen molar-refractivity contribution in [3.8, 4) is 0 Å². The van der Waals surface area contributed by atoms with E-state index in [1.165, 1.54) is 11.3 Å². The fraction of sp³-hybridized carbons (Fsp3) is 0.222. The van der Waals surface area contributed by atoms with Crippen molar-refractivity contribution in [1.82, 2.24) is 15.1 Å². The zero-order valence-corrected chi connectivity index (χ0v) is 15.1. The lowest BCUT2D eigenvalue weighted by molar-refractivity contribution is 0.0950. The molecule has 0 bridgehead atoms. The first-order chi connectivity index (χ1) is 11.5. The Labute approximate surface area is 150 Å². The molecule has 2 heterocycles. The predicted octanol–water partition coefficient (Wildman–Crippen LogP) is 4.19. The molecule has 3 rings (SSSR count). The van der Waals surface area contributed by atoms with E-state index < -0.39 is 0 Å². The lowest BCUT2D eigenvalue weighted by Gasteiger charge is -2.06. The first kappa shape index (κ1) is 16.7. The van der Waals surface area contributed by atoms with Gasteiger partial charge in [-0.2, -0.15) is 5.10 Å². The maximum Gasteiger partial charge on any atom is 0.255 e. The molecule has 4 nitrogen and oxygen atoms in total. The summed E-state index contributed by atoms with van der Waals surface area (Å²) in [4.78, 5) is 13.6. The van der Waals surface area contributed by atoms with Gasteiger partial charge >= 0.3 is 0 Å². The van der Waals surface area contributed by atoms with E-state index in [2.05, 4.69) is 22.5 Å². The number of carbonyl (C=O) groups is 1. The van der Waals surface area contributed by atoms with Gasteiger partial charge in [-0.1, -0.05) is 41.9 Å². The number of hydrogen-bond donors (Lipinski definition) is 1. The molecule has 0 atom stereocenters. The topological polar surface area (TPSA) is 46.9 Å². The second-order valence-electron chi connectivity index (χ2n) is 5.58. The number of nitrogens with zero attached hydrogens (tertiary/aromatic N) is 2. The molecule has 24 heavy (non-hydrogen) atoms. The van der Waals surface area contributed by atoms with Crippen LogP contribution in [-0.4, -0.2) is 15.7 Å². The van der Waals surface area contributed by atoms with E-state index in [9.17, 15) is 4.79 Å². The third-order valence-electron chi connectivity index (χ3n) is 3.84. The highest BCUT2D eigenvalue weighted by Gasteiger charge is 2.18. The maximum atomic E-state index is 12.5. The highest BCUT2D eigenvalue weighted by Crippen LogP contribution is 2.21. The highest BCUT2D eigenvalue weighted by molar-refractivity contribution is 7.16. The second kappa shape index (κ2) is 7.20. The first-order valence-corrected chi connectivity index (χ1v) is 8.84. The Kier molecular flexibility index (Phi) is 5.02. The summed E-state index contributed by atoms with van der Waals surface area (Å²) in [6.45, 7) is 4.92. The van der Waals surface area contributed by atoms with Gasteiger partial charge < -0.3 is 5.32 Å². The number of aryl methyl sites for hydroxylation is 1. The van der Waals surface area contributed by atoms with Crippen LogP contribution in [0.5, 0.6) is 0 Å². The Morgan fingerprint density at radius 2 is 1.96 bits per heavy atom. The summed E-state index contributed by atoms with van der Waals surface area (Å²) in [6, 6.07) is 13.9. The summed E-state index contributed by atoms with van der Waals surface area (Å²) < 4.78 is 2.60. The van der Waals surface area contributed by atoms with Gasteiger partial charge in [-0.15, -0.1) is 11.3 Å². The molecule has 1 aromatic carbocycles. The maximum absolute atomic E-state index is 12.5. The minimum atomic E-state index is -0.103. The molecule has 0 spiro atoms. The Bertz CT molecular complexity index is 855. The zero-order chi connectivity index (χ0) is 17.1. The van der Waals surface area contributed by atoms with Crippen molar-refractivity contribution in [2.24, 2.45) is 0 Å². The summed E-state index contributed by atoms with van der Waals surface area (Å²) in [7, 11) is 0. The molecule has 0 aliphatic carbocycles. The van der Waals surface area contributed by atoms with E-state index in [1.807, 2.05) is 48.9 Å². The lowest BCUT2D eigenvalue weighted by atomic mass is 10.1. The predicted molar refractivity (Wildman–Crippen MR) is 97.7 cm³/mol. The summed E-state index contributed by atoms with van der Waals surface area (Å²) in [5, 5.41) is 7.47. The van der Waals surface area contributed by atoms with Gasteiger partial charge in [-0.25, -0.2) is 0 Å². The van der Waals surface area contributed by atoms with Crippen molar-refractivity contribution >= 4 is 28.8 Å². The summed E-state index contributed by atoms with van der Waals surface area (Å²) in [5.41, 5.74) is 3.42. The molecule has 6 heteroatoms. The molecule has 0 saturated heterocycles. The molecule has 2 aromatic heterocycles. The van der Waals surface area contributed by atoms with Crippen LogP contribution in [0.4, 0.5) is 0 Å². The molecule has 3 aromatic rings. The number of aromatic nitrogens is 2. The lowest BCUT2D eigenvalue weighted by Crippen LogP contribution is -2.23. The van der Waals surface area contributed by atoms with Gasteiger partial charge in [0.05, 0.1) is 28.7 Å². The van der Waals surface area contributed by atoms with Crippen LogP contribution in [0.25, 0.3) is 0 Å². The average Bonchev–Trinajstić information content (AvgIpc) is 3.10. The zero-order valence-electron chi connectivity index (χ0n) is 13.5. The van der Waals surface area contributed by atoms with E-state index in [4.69, 9.17) is 11.6 Å². The Morgan fingerprint density at radius 3 is 2.62 bits per heavy atom. The van der Waals surface area contributed by atoms with Gasteiger partial charge in [-0.05, 0) is 31.5 Å². The van der Waals surface area contributed by atoms with Crippen LogP contribution in [0.3, 0.4) is 0 Å². The van der Waals surface area contributed by atoms with Crippen LogP contribution in [-0.2, 0) is 13.1 Å². The summed E-state index contributed by atoms with van der Waals surface area (Å²) in [5.74, 6) is -0.103. The monoisotopic (exact) mass is 359 g/mol.